The van der Waals surface area contributed by atoms with Gasteiger partial charge in [-0.25, -0.2) is 9.97 Å². The first-order valence-electron chi connectivity index (χ1n) is 9.64. The smallest absolute Gasteiger partial charge is 0.225 e. The summed E-state index contributed by atoms with van der Waals surface area (Å²) in [5.41, 5.74) is 2.03. The SMILES string of the molecule is COc1ccc(CCNC(=O)[C@@H]2CCCN(c3nccc(C)n3)C2)cc1OC. The van der Waals surface area contributed by atoms with E-state index >= 15 is 0 Å². The van der Waals surface area contributed by atoms with Gasteiger partial charge in [-0.3, -0.25) is 4.79 Å². The average molecular weight is 384 g/mol. The van der Waals surface area contributed by atoms with E-state index in [-0.39, 0.29) is 11.8 Å². The number of amides is 1. The molecule has 7 nitrogen and oxygen atoms in total. The van der Waals surface area contributed by atoms with Gasteiger partial charge in [0.05, 0.1) is 20.1 Å². The summed E-state index contributed by atoms with van der Waals surface area (Å²) in [4.78, 5) is 23.6. The van der Waals surface area contributed by atoms with Crippen molar-refractivity contribution in [3.05, 3.63) is 41.7 Å². The highest BCUT2D eigenvalue weighted by Crippen LogP contribution is 2.27. The van der Waals surface area contributed by atoms with E-state index in [1.165, 1.54) is 0 Å². The Labute approximate surface area is 166 Å². The molecule has 1 N–H and O–H groups in total. The van der Waals surface area contributed by atoms with Crippen molar-refractivity contribution in [1.29, 1.82) is 0 Å². The van der Waals surface area contributed by atoms with E-state index in [1.54, 1.807) is 20.4 Å². The molecule has 1 amide bonds. The molecule has 0 bridgehead atoms. The molecule has 7 heteroatoms. The lowest BCUT2D eigenvalue weighted by Crippen LogP contribution is -2.44. The van der Waals surface area contributed by atoms with Crippen LogP contribution in [0.2, 0.25) is 0 Å². The van der Waals surface area contributed by atoms with Crippen LogP contribution in [0.25, 0.3) is 0 Å². The molecule has 0 radical (unpaired) electrons. The van der Waals surface area contributed by atoms with Crippen LogP contribution in [-0.4, -0.2) is 49.7 Å². The maximum atomic E-state index is 12.6. The number of nitrogens with zero attached hydrogens (tertiary/aromatic N) is 3. The van der Waals surface area contributed by atoms with Crippen LogP contribution in [0.4, 0.5) is 5.95 Å². The molecule has 0 saturated carbocycles. The molecule has 1 aliphatic heterocycles. The van der Waals surface area contributed by atoms with Crippen LogP contribution < -0.4 is 19.7 Å². The molecule has 1 aliphatic rings. The van der Waals surface area contributed by atoms with Gasteiger partial charge in [0.2, 0.25) is 11.9 Å². The predicted molar refractivity (Wildman–Crippen MR) is 108 cm³/mol. The summed E-state index contributed by atoms with van der Waals surface area (Å²) < 4.78 is 10.6. The summed E-state index contributed by atoms with van der Waals surface area (Å²) in [6.45, 7) is 4.09. The van der Waals surface area contributed by atoms with Gasteiger partial charge >= 0.3 is 0 Å². The summed E-state index contributed by atoms with van der Waals surface area (Å²) in [7, 11) is 3.24. The van der Waals surface area contributed by atoms with Crippen molar-refractivity contribution < 1.29 is 14.3 Å². The fourth-order valence-electron chi connectivity index (χ4n) is 3.47. The van der Waals surface area contributed by atoms with Crippen molar-refractivity contribution in [2.24, 2.45) is 5.92 Å². The van der Waals surface area contributed by atoms with Gasteiger partial charge in [0.15, 0.2) is 11.5 Å². The van der Waals surface area contributed by atoms with Crippen LogP contribution in [0.15, 0.2) is 30.5 Å². The lowest BCUT2D eigenvalue weighted by molar-refractivity contribution is -0.125. The maximum Gasteiger partial charge on any atom is 0.225 e. The lowest BCUT2D eigenvalue weighted by Gasteiger charge is -2.32. The summed E-state index contributed by atoms with van der Waals surface area (Å²) in [5, 5.41) is 3.07. The molecule has 1 atom stereocenters. The number of aryl methyl sites for hydroxylation is 1. The van der Waals surface area contributed by atoms with Crippen LogP contribution in [0, 0.1) is 12.8 Å². The minimum Gasteiger partial charge on any atom is -0.493 e. The number of carbonyl (C=O) groups is 1. The number of benzene rings is 1. The predicted octanol–water partition coefficient (Wildman–Crippen LogP) is 2.38. The monoisotopic (exact) mass is 384 g/mol. The Bertz CT molecular complexity index is 812. The Morgan fingerprint density at radius 2 is 2.07 bits per heavy atom. The van der Waals surface area contributed by atoms with Crippen LogP contribution in [0.1, 0.15) is 24.1 Å². The van der Waals surface area contributed by atoms with Gasteiger partial charge in [-0.2, -0.15) is 0 Å². The number of hydrogen-bond donors (Lipinski definition) is 1. The minimum absolute atomic E-state index is 0.0386. The Kier molecular flexibility index (Phi) is 6.68. The van der Waals surface area contributed by atoms with Crippen molar-refractivity contribution in [3.8, 4) is 11.5 Å². The number of ether oxygens (including phenoxy) is 2. The van der Waals surface area contributed by atoms with Gasteiger partial charge in [-0.1, -0.05) is 6.07 Å². The molecule has 1 aromatic carbocycles. The first kappa shape index (κ1) is 19.9. The highest BCUT2D eigenvalue weighted by Gasteiger charge is 2.26. The second-order valence-electron chi connectivity index (χ2n) is 7.01. The van der Waals surface area contributed by atoms with E-state index in [1.807, 2.05) is 31.2 Å². The molecule has 0 aliphatic carbocycles. The van der Waals surface area contributed by atoms with Gasteiger partial charge in [0.25, 0.3) is 0 Å². The Morgan fingerprint density at radius 1 is 1.25 bits per heavy atom. The zero-order valence-electron chi connectivity index (χ0n) is 16.8. The number of nitrogens with one attached hydrogen (secondary N) is 1. The van der Waals surface area contributed by atoms with Crippen molar-refractivity contribution in [3.63, 3.8) is 0 Å². The number of rotatable bonds is 7. The fourth-order valence-corrected chi connectivity index (χ4v) is 3.47. The first-order valence-corrected chi connectivity index (χ1v) is 9.64. The van der Waals surface area contributed by atoms with Gasteiger partial charge in [0, 0.05) is 31.5 Å². The van der Waals surface area contributed by atoms with Crippen LogP contribution in [0.3, 0.4) is 0 Å². The normalized spacial score (nSPS) is 16.5. The van der Waals surface area contributed by atoms with Gasteiger partial charge in [-0.05, 0) is 49.9 Å². The zero-order valence-corrected chi connectivity index (χ0v) is 16.8. The van der Waals surface area contributed by atoms with Crippen molar-refractivity contribution in [2.75, 3.05) is 38.8 Å². The first-order chi connectivity index (χ1) is 13.6. The van der Waals surface area contributed by atoms with Crippen molar-refractivity contribution in [1.82, 2.24) is 15.3 Å². The van der Waals surface area contributed by atoms with Crippen LogP contribution in [0.5, 0.6) is 11.5 Å². The summed E-state index contributed by atoms with van der Waals surface area (Å²) in [5.74, 6) is 2.17. The minimum atomic E-state index is -0.0386. The largest absolute Gasteiger partial charge is 0.493 e. The van der Waals surface area contributed by atoms with E-state index in [0.717, 1.165) is 37.1 Å². The summed E-state index contributed by atoms with van der Waals surface area (Å²) in [6.07, 6.45) is 4.36. The number of piperidine rings is 1. The molecule has 0 unspecified atom stereocenters. The number of methoxy groups -OCH3 is 2. The quantitative estimate of drug-likeness (QED) is 0.790. The number of anilines is 1. The number of aromatic nitrogens is 2. The summed E-state index contributed by atoms with van der Waals surface area (Å²) in [6, 6.07) is 7.70. The Hall–Kier alpha value is -2.83. The van der Waals surface area contributed by atoms with Crippen LogP contribution in [-0.2, 0) is 11.2 Å². The molecular formula is C21H28N4O3. The average Bonchev–Trinajstić information content (AvgIpc) is 2.73. The zero-order chi connectivity index (χ0) is 19.9. The standard InChI is InChI=1S/C21H28N4O3/c1-15-8-10-23-21(24-15)25-12-4-5-17(14-25)20(26)22-11-9-16-6-7-18(27-2)19(13-16)28-3/h6-8,10,13,17H,4-5,9,11-12,14H2,1-3H3,(H,22,26)/t17-/m1/s1. The molecule has 28 heavy (non-hydrogen) atoms. The molecule has 1 saturated heterocycles. The molecule has 0 spiro atoms. The summed E-state index contributed by atoms with van der Waals surface area (Å²) >= 11 is 0. The third-order valence-electron chi connectivity index (χ3n) is 5.02. The third-order valence-corrected chi connectivity index (χ3v) is 5.02. The van der Waals surface area contributed by atoms with Crippen molar-refractivity contribution >= 4 is 11.9 Å². The third kappa shape index (κ3) is 4.91. The number of carbonyl (C=O) groups excluding carboxylic acids is 1. The highest BCUT2D eigenvalue weighted by atomic mass is 16.5. The highest BCUT2D eigenvalue weighted by molar-refractivity contribution is 5.79. The number of hydrogen-bond acceptors (Lipinski definition) is 6. The maximum absolute atomic E-state index is 12.6. The Balaban J connectivity index is 1.52. The van der Waals surface area contributed by atoms with E-state index in [2.05, 4.69) is 20.2 Å². The van der Waals surface area contributed by atoms with E-state index in [9.17, 15) is 4.79 Å². The van der Waals surface area contributed by atoms with E-state index < -0.39 is 0 Å². The van der Waals surface area contributed by atoms with Crippen molar-refractivity contribution in [2.45, 2.75) is 26.2 Å². The topological polar surface area (TPSA) is 76.6 Å². The molecule has 3 rings (SSSR count). The van der Waals surface area contributed by atoms with E-state index in [4.69, 9.17) is 9.47 Å². The molecule has 2 heterocycles. The molecule has 150 valence electrons. The molecule has 1 aromatic heterocycles. The second-order valence-corrected chi connectivity index (χ2v) is 7.01. The molecular weight excluding hydrogens is 356 g/mol. The fraction of sp³-hybridized carbons (Fsp3) is 0.476. The lowest BCUT2D eigenvalue weighted by atomic mass is 9.97. The van der Waals surface area contributed by atoms with Crippen LogP contribution >= 0.6 is 0 Å². The molecule has 1 fully saturated rings. The van der Waals surface area contributed by atoms with E-state index in [0.29, 0.717) is 30.5 Å². The van der Waals surface area contributed by atoms with Gasteiger partial charge in [0.1, 0.15) is 0 Å². The van der Waals surface area contributed by atoms with Gasteiger partial charge in [-0.15, -0.1) is 0 Å². The molecule has 2 aromatic rings. The van der Waals surface area contributed by atoms with Gasteiger partial charge < -0.3 is 19.7 Å². The second kappa shape index (κ2) is 9.39. The Morgan fingerprint density at radius 3 is 2.82 bits per heavy atom.